The summed E-state index contributed by atoms with van der Waals surface area (Å²) in [4.78, 5) is 21.4. The standard InChI is InChI=1S/C29H24N4O2/c1-19-10-11-22(15-25(19)21-12-13-27-26(14-21)28(30)32-18-31-27)29(34)33-23-8-5-9-24(16-23)35-17-20-6-3-2-4-7-20/h2-16,18H,17H2,1H3,(H,33,34)(H2,30,31,32). The summed E-state index contributed by atoms with van der Waals surface area (Å²) in [5.41, 5.74) is 12.1. The number of ether oxygens (including phenoxy) is 1. The first kappa shape index (κ1) is 22.1. The maximum atomic E-state index is 13.1. The molecule has 0 atom stereocenters. The number of benzene rings is 4. The zero-order chi connectivity index (χ0) is 24.2. The molecule has 172 valence electrons. The number of nitrogens with zero attached hydrogens (tertiary/aromatic N) is 2. The third-order valence-electron chi connectivity index (χ3n) is 5.82. The Hall–Kier alpha value is -4.71. The van der Waals surface area contributed by atoms with Gasteiger partial charge in [-0.05, 0) is 65.6 Å². The minimum atomic E-state index is -0.199. The van der Waals surface area contributed by atoms with Gasteiger partial charge in [-0.15, -0.1) is 0 Å². The Bertz CT molecular complexity index is 1520. The van der Waals surface area contributed by atoms with E-state index in [1.54, 1.807) is 0 Å². The van der Waals surface area contributed by atoms with Crippen molar-refractivity contribution in [2.24, 2.45) is 0 Å². The van der Waals surface area contributed by atoms with Crippen molar-refractivity contribution in [1.29, 1.82) is 0 Å². The van der Waals surface area contributed by atoms with Gasteiger partial charge >= 0.3 is 0 Å². The first-order valence-electron chi connectivity index (χ1n) is 11.3. The molecule has 6 heteroatoms. The number of aryl methyl sites for hydroxylation is 1. The highest BCUT2D eigenvalue weighted by molar-refractivity contribution is 6.05. The summed E-state index contributed by atoms with van der Waals surface area (Å²) in [5.74, 6) is 0.917. The SMILES string of the molecule is Cc1ccc(C(=O)Nc2cccc(OCc3ccccc3)c2)cc1-c1ccc2ncnc(N)c2c1. The smallest absolute Gasteiger partial charge is 0.255 e. The maximum Gasteiger partial charge on any atom is 0.255 e. The Balaban J connectivity index is 1.35. The van der Waals surface area contributed by atoms with Gasteiger partial charge in [0.05, 0.1) is 5.52 Å². The summed E-state index contributed by atoms with van der Waals surface area (Å²) in [7, 11) is 0. The van der Waals surface area contributed by atoms with Crippen LogP contribution in [0.1, 0.15) is 21.5 Å². The highest BCUT2D eigenvalue weighted by Gasteiger charge is 2.12. The van der Waals surface area contributed by atoms with Gasteiger partial charge in [0, 0.05) is 22.7 Å². The fourth-order valence-electron chi connectivity index (χ4n) is 3.93. The van der Waals surface area contributed by atoms with Crippen LogP contribution >= 0.6 is 0 Å². The zero-order valence-corrected chi connectivity index (χ0v) is 19.2. The Morgan fingerprint density at radius 1 is 0.914 bits per heavy atom. The maximum absolute atomic E-state index is 13.1. The van der Waals surface area contributed by atoms with Crippen molar-refractivity contribution in [3.05, 3.63) is 114 Å². The first-order chi connectivity index (χ1) is 17.1. The van der Waals surface area contributed by atoms with Crippen LogP contribution in [0.2, 0.25) is 0 Å². The third-order valence-corrected chi connectivity index (χ3v) is 5.82. The van der Waals surface area contributed by atoms with Gasteiger partial charge in [-0.1, -0.05) is 48.5 Å². The van der Waals surface area contributed by atoms with E-state index in [4.69, 9.17) is 10.5 Å². The normalized spacial score (nSPS) is 10.8. The Morgan fingerprint density at radius 2 is 1.77 bits per heavy atom. The van der Waals surface area contributed by atoms with E-state index in [-0.39, 0.29) is 5.91 Å². The van der Waals surface area contributed by atoms with E-state index in [9.17, 15) is 4.79 Å². The van der Waals surface area contributed by atoms with Crippen LogP contribution in [-0.2, 0) is 6.61 Å². The molecule has 4 aromatic carbocycles. The molecule has 6 nitrogen and oxygen atoms in total. The second-order valence-electron chi connectivity index (χ2n) is 8.28. The topological polar surface area (TPSA) is 90.1 Å². The number of amides is 1. The van der Waals surface area contributed by atoms with Crippen LogP contribution in [0.5, 0.6) is 5.75 Å². The zero-order valence-electron chi connectivity index (χ0n) is 19.2. The summed E-state index contributed by atoms with van der Waals surface area (Å²) in [6, 6.07) is 28.9. The molecule has 1 heterocycles. The highest BCUT2D eigenvalue weighted by atomic mass is 16.5. The molecule has 0 aliphatic rings. The van der Waals surface area contributed by atoms with E-state index >= 15 is 0 Å². The molecule has 5 aromatic rings. The molecule has 0 aliphatic carbocycles. The molecule has 0 saturated carbocycles. The van der Waals surface area contributed by atoms with Crippen molar-refractivity contribution >= 4 is 28.3 Å². The lowest BCUT2D eigenvalue weighted by molar-refractivity contribution is 0.102. The molecule has 0 radical (unpaired) electrons. The minimum Gasteiger partial charge on any atom is -0.489 e. The van der Waals surface area contributed by atoms with Crippen molar-refractivity contribution in [3.63, 3.8) is 0 Å². The monoisotopic (exact) mass is 460 g/mol. The first-order valence-corrected chi connectivity index (χ1v) is 11.3. The van der Waals surface area contributed by atoms with Gasteiger partial charge < -0.3 is 15.8 Å². The second-order valence-corrected chi connectivity index (χ2v) is 8.28. The third kappa shape index (κ3) is 4.96. The molecule has 0 spiro atoms. The van der Waals surface area contributed by atoms with Gasteiger partial charge in [-0.3, -0.25) is 4.79 Å². The summed E-state index contributed by atoms with van der Waals surface area (Å²) < 4.78 is 5.89. The lowest BCUT2D eigenvalue weighted by Crippen LogP contribution is -2.12. The predicted octanol–water partition coefficient (Wildman–Crippen LogP) is 6.02. The number of hydrogen-bond donors (Lipinski definition) is 2. The molecule has 3 N–H and O–H groups in total. The lowest BCUT2D eigenvalue weighted by atomic mass is 9.96. The molecule has 35 heavy (non-hydrogen) atoms. The number of rotatable bonds is 6. The molecule has 1 aromatic heterocycles. The Morgan fingerprint density at radius 3 is 2.63 bits per heavy atom. The minimum absolute atomic E-state index is 0.199. The van der Waals surface area contributed by atoms with Crippen LogP contribution in [0, 0.1) is 6.92 Å². The second kappa shape index (κ2) is 9.65. The predicted molar refractivity (Wildman–Crippen MR) is 139 cm³/mol. The van der Waals surface area contributed by atoms with Gasteiger partial charge in [-0.2, -0.15) is 0 Å². The van der Waals surface area contributed by atoms with Crippen molar-refractivity contribution in [1.82, 2.24) is 9.97 Å². The molecule has 0 aliphatic heterocycles. The molecule has 5 rings (SSSR count). The fourth-order valence-corrected chi connectivity index (χ4v) is 3.93. The van der Waals surface area contributed by atoms with Gasteiger partial charge in [0.15, 0.2) is 0 Å². The Labute approximate surface area is 203 Å². The molecule has 0 saturated heterocycles. The largest absolute Gasteiger partial charge is 0.489 e. The number of carbonyl (C=O) groups excluding carboxylic acids is 1. The van der Waals surface area contributed by atoms with Crippen molar-refractivity contribution in [3.8, 4) is 16.9 Å². The Kier molecular flexibility index (Phi) is 6.09. The molecular formula is C29H24N4O2. The highest BCUT2D eigenvalue weighted by Crippen LogP contribution is 2.29. The van der Waals surface area contributed by atoms with E-state index in [0.717, 1.165) is 33.2 Å². The van der Waals surface area contributed by atoms with Crippen LogP contribution in [0.3, 0.4) is 0 Å². The van der Waals surface area contributed by atoms with Crippen LogP contribution in [0.15, 0.2) is 97.3 Å². The quantitative estimate of drug-likeness (QED) is 0.323. The van der Waals surface area contributed by atoms with Gasteiger partial charge in [0.1, 0.15) is 24.5 Å². The molecular weight excluding hydrogens is 436 g/mol. The summed E-state index contributed by atoms with van der Waals surface area (Å²) in [6.07, 6.45) is 1.45. The van der Waals surface area contributed by atoms with E-state index in [2.05, 4.69) is 15.3 Å². The summed E-state index contributed by atoms with van der Waals surface area (Å²) >= 11 is 0. The number of hydrogen-bond acceptors (Lipinski definition) is 5. The van der Waals surface area contributed by atoms with Crippen molar-refractivity contribution in [2.75, 3.05) is 11.1 Å². The molecule has 0 unspecified atom stereocenters. The summed E-state index contributed by atoms with van der Waals surface area (Å²) in [5, 5.41) is 3.76. The number of nitrogen functional groups attached to an aromatic ring is 1. The van der Waals surface area contributed by atoms with Crippen LogP contribution in [0.4, 0.5) is 11.5 Å². The van der Waals surface area contributed by atoms with E-state index in [0.29, 0.717) is 29.4 Å². The average Bonchev–Trinajstić information content (AvgIpc) is 2.89. The number of fused-ring (bicyclic) bond motifs is 1. The van der Waals surface area contributed by atoms with Gasteiger partial charge in [-0.25, -0.2) is 9.97 Å². The number of anilines is 2. The summed E-state index contributed by atoms with van der Waals surface area (Å²) in [6.45, 7) is 2.47. The molecule has 1 amide bonds. The number of nitrogens with one attached hydrogen (secondary N) is 1. The van der Waals surface area contributed by atoms with Crippen molar-refractivity contribution < 1.29 is 9.53 Å². The van der Waals surface area contributed by atoms with E-state index in [1.165, 1.54) is 6.33 Å². The van der Waals surface area contributed by atoms with Crippen LogP contribution in [-0.4, -0.2) is 15.9 Å². The molecule has 0 bridgehead atoms. The van der Waals surface area contributed by atoms with E-state index in [1.807, 2.05) is 97.9 Å². The fraction of sp³-hybridized carbons (Fsp3) is 0.0690. The number of aromatic nitrogens is 2. The van der Waals surface area contributed by atoms with Crippen LogP contribution < -0.4 is 15.8 Å². The molecule has 0 fully saturated rings. The van der Waals surface area contributed by atoms with Gasteiger partial charge in [0.2, 0.25) is 0 Å². The van der Waals surface area contributed by atoms with E-state index < -0.39 is 0 Å². The number of nitrogens with two attached hydrogens (primary N) is 1. The van der Waals surface area contributed by atoms with Crippen LogP contribution in [0.25, 0.3) is 22.0 Å². The number of carbonyl (C=O) groups is 1. The van der Waals surface area contributed by atoms with Gasteiger partial charge in [0.25, 0.3) is 5.91 Å². The average molecular weight is 461 g/mol. The van der Waals surface area contributed by atoms with Crippen molar-refractivity contribution in [2.45, 2.75) is 13.5 Å². The lowest BCUT2D eigenvalue weighted by Gasteiger charge is -2.12.